The van der Waals surface area contributed by atoms with Crippen molar-refractivity contribution in [3.05, 3.63) is 20.8 Å². The van der Waals surface area contributed by atoms with Crippen LogP contribution in [0.1, 0.15) is 37.6 Å². The first-order chi connectivity index (χ1) is 13.0. The predicted molar refractivity (Wildman–Crippen MR) is 112 cm³/mol. The lowest BCUT2D eigenvalue weighted by molar-refractivity contribution is -0.914. The second kappa shape index (κ2) is 8.23. The zero-order valence-electron chi connectivity index (χ0n) is 16.5. The van der Waals surface area contributed by atoms with Gasteiger partial charge in [-0.25, -0.2) is 4.98 Å². The molecule has 1 unspecified atom stereocenters. The molecule has 0 amide bonds. The number of nitrogens with one attached hydrogen (secondary N) is 2. The van der Waals surface area contributed by atoms with Gasteiger partial charge in [-0.1, -0.05) is 32.5 Å². The molecular weight excluding hydrogens is 378 g/mol. The largest absolute Gasteiger partial charge is 0.366 e. The summed E-state index contributed by atoms with van der Waals surface area (Å²) in [7, 11) is 0. The van der Waals surface area contributed by atoms with Gasteiger partial charge in [0.1, 0.15) is 24.0 Å². The van der Waals surface area contributed by atoms with Crippen molar-refractivity contribution in [3.63, 3.8) is 0 Å². The van der Waals surface area contributed by atoms with Crippen molar-refractivity contribution in [2.75, 3.05) is 32.0 Å². The molecule has 3 heterocycles. The summed E-state index contributed by atoms with van der Waals surface area (Å²) in [5.74, 6) is 2.26. The lowest BCUT2D eigenvalue weighted by atomic mass is 9.89. The topological polar surface area (TPSA) is 59.4 Å². The van der Waals surface area contributed by atoms with E-state index in [2.05, 4.69) is 25.8 Å². The molecule has 2 aromatic heterocycles. The Labute approximate surface area is 168 Å². The van der Waals surface area contributed by atoms with Gasteiger partial charge in [0, 0.05) is 16.5 Å². The molecule has 148 valence electrons. The van der Waals surface area contributed by atoms with Crippen LogP contribution in [0.2, 0.25) is 0 Å². The van der Waals surface area contributed by atoms with Crippen molar-refractivity contribution < 1.29 is 9.64 Å². The third-order valence-electron chi connectivity index (χ3n) is 5.57. The number of nitrogens with zero attached hydrogens (tertiary/aromatic N) is 1. The maximum atomic E-state index is 12.7. The molecule has 2 N–H and O–H groups in total. The average molecular weight is 409 g/mol. The van der Waals surface area contributed by atoms with E-state index in [1.807, 2.05) is 0 Å². The molecule has 0 bridgehead atoms. The van der Waals surface area contributed by atoms with E-state index in [0.29, 0.717) is 11.8 Å². The summed E-state index contributed by atoms with van der Waals surface area (Å²) >= 11 is 3.35. The molecule has 1 fully saturated rings. The molecule has 1 saturated heterocycles. The molecule has 1 aliphatic heterocycles. The van der Waals surface area contributed by atoms with Crippen LogP contribution in [0.3, 0.4) is 0 Å². The number of thioether (sulfide) groups is 1. The van der Waals surface area contributed by atoms with Gasteiger partial charge in [0.15, 0.2) is 5.16 Å². The highest BCUT2D eigenvalue weighted by Crippen LogP contribution is 2.36. The summed E-state index contributed by atoms with van der Waals surface area (Å²) < 4.78 is 5.95. The summed E-state index contributed by atoms with van der Waals surface area (Å²) in [5.41, 5.74) is 1.29. The molecule has 3 atom stereocenters. The number of H-pyrrole nitrogens is 1. The molecule has 0 radical (unpaired) electrons. The Balaban J connectivity index is 1.46. The molecule has 7 heteroatoms. The zero-order valence-corrected chi connectivity index (χ0v) is 18.1. The van der Waals surface area contributed by atoms with E-state index in [4.69, 9.17) is 9.72 Å². The van der Waals surface area contributed by atoms with Crippen LogP contribution in [0.15, 0.2) is 9.95 Å². The highest BCUT2D eigenvalue weighted by molar-refractivity contribution is 7.99. The second-order valence-corrected chi connectivity index (χ2v) is 10.6. The van der Waals surface area contributed by atoms with Crippen LogP contribution in [0.25, 0.3) is 10.2 Å². The minimum atomic E-state index is 0.0335. The number of morpholine rings is 1. The van der Waals surface area contributed by atoms with Gasteiger partial charge in [0.05, 0.1) is 18.5 Å². The summed E-state index contributed by atoms with van der Waals surface area (Å²) in [4.78, 5) is 24.4. The lowest BCUT2D eigenvalue weighted by Gasteiger charge is -2.30. The Morgan fingerprint density at radius 2 is 2.30 bits per heavy atom. The Morgan fingerprint density at radius 1 is 1.44 bits per heavy atom. The number of aryl methyl sites for hydroxylation is 1. The molecule has 5 nitrogen and oxygen atoms in total. The van der Waals surface area contributed by atoms with Gasteiger partial charge in [0.25, 0.3) is 5.56 Å². The third kappa shape index (κ3) is 4.42. The number of hydrogen-bond acceptors (Lipinski definition) is 5. The van der Waals surface area contributed by atoms with E-state index >= 15 is 0 Å². The Bertz CT molecular complexity index is 861. The maximum absolute atomic E-state index is 12.7. The summed E-state index contributed by atoms with van der Waals surface area (Å²) in [6.45, 7) is 11.0. The smallest absolute Gasteiger partial charge is 0.260 e. The van der Waals surface area contributed by atoms with Crippen LogP contribution < -0.4 is 10.5 Å². The van der Waals surface area contributed by atoms with Crippen LogP contribution in [0, 0.1) is 11.8 Å². The summed E-state index contributed by atoms with van der Waals surface area (Å²) in [6.07, 6.45) is 3.50. The van der Waals surface area contributed by atoms with Gasteiger partial charge in [-0.3, -0.25) is 4.79 Å². The number of fused-ring (bicyclic) bond motifs is 3. The summed E-state index contributed by atoms with van der Waals surface area (Å²) in [6, 6.07) is 0. The number of aromatic nitrogens is 2. The molecule has 2 aliphatic rings. The molecule has 0 saturated carbocycles. The van der Waals surface area contributed by atoms with Crippen LogP contribution >= 0.6 is 23.1 Å². The molecule has 27 heavy (non-hydrogen) atoms. The minimum absolute atomic E-state index is 0.0335. The van der Waals surface area contributed by atoms with E-state index in [1.165, 1.54) is 23.4 Å². The molecule has 4 rings (SSSR count). The van der Waals surface area contributed by atoms with Gasteiger partial charge in [-0.15, -0.1) is 11.3 Å². The average Bonchev–Trinajstić information content (AvgIpc) is 2.97. The second-order valence-electron chi connectivity index (χ2n) is 8.51. The number of rotatable bonds is 5. The zero-order chi connectivity index (χ0) is 19.0. The van der Waals surface area contributed by atoms with Crippen molar-refractivity contribution in [1.82, 2.24) is 9.97 Å². The van der Waals surface area contributed by atoms with Gasteiger partial charge in [0.2, 0.25) is 0 Å². The van der Waals surface area contributed by atoms with Crippen molar-refractivity contribution in [2.24, 2.45) is 11.8 Å². The highest BCUT2D eigenvalue weighted by atomic mass is 32.2. The van der Waals surface area contributed by atoms with Gasteiger partial charge in [-0.05, 0) is 30.7 Å². The maximum Gasteiger partial charge on any atom is 0.260 e. The highest BCUT2D eigenvalue weighted by Gasteiger charge is 2.26. The standard InChI is InChI=1S/C20H29N3O2S2/c1-12(2)9-23-6-7-25-14(10-23)11-26-20-21-18(24)17-15-5-4-13(3)8-16(15)27-19(17)22-20/h12-14H,4-11H2,1-3H3,(H,21,22,24)/p+1/t13-,14+/m0/s1. The summed E-state index contributed by atoms with van der Waals surface area (Å²) in [5, 5.41) is 1.58. The normalized spacial score (nSPS) is 25.9. The van der Waals surface area contributed by atoms with Crippen LogP contribution in [-0.2, 0) is 17.6 Å². The number of hydrogen-bond donors (Lipinski definition) is 2. The lowest BCUT2D eigenvalue weighted by Crippen LogP contribution is -3.15. The van der Waals surface area contributed by atoms with Crippen LogP contribution in [-0.4, -0.2) is 48.1 Å². The van der Waals surface area contributed by atoms with Crippen LogP contribution in [0.4, 0.5) is 0 Å². The first-order valence-corrected chi connectivity index (χ1v) is 11.9. The molecular formula is C20H30N3O2S2+. The van der Waals surface area contributed by atoms with E-state index in [-0.39, 0.29) is 11.7 Å². The molecule has 0 aromatic carbocycles. The SMILES string of the molecule is CC(C)C[NH+]1CCO[C@@H](CSc2nc3sc4c(c3c(=O)[nH]2)CC[C@H](C)C4)C1. The van der Waals surface area contributed by atoms with Crippen LogP contribution in [0.5, 0.6) is 0 Å². The van der Waals surface area contributed by atoms with Crippen molar-refractivity contribution in [2.45, 2.75) is 51.3 Å². The molecule has 0 spiro atoms. The first-order valence-electron chi connectivity index (χ1n) is 10.1. The van der Waals surface area contributed by atoms with Crippen molar-refractivity contribution in [3.8, 4) is 0 Å². The number of quaternary nitrogens is 1. The van der Waals surface area contributed by atoms with Gasteiger partial charge < -0.3 is 14.6 Å². The Hall–Kier alpha value is -0.890. The van der Waals surface area contributed by atoms with Crippen molar-refractivity contribution >= 4 is 33.3 Å². The van der Waals surface area contributed by atoms with Crippen molar-refractivity contribution in [1.29, 1.82) is 0 Å². The van der Waals surface area contributed by atoms with E-state index in [9.17, 15) is 4.79 Å². The Morgan fingerprint density at radius 3 is 3.11 bits per heavy atom. The van der Waals surface area contributed by atoms with E-state index in [0.717, 1.165) is 53.7 Å². The number of aromatic amines is 1. The fourth-order valence-electron chi connectivity index (χ4n) is 4.29. The Kier molecular flexibility index (Phi) is 5.92. The molecule has 2 aromatic rings. The van der Waals surface area contributed by atoms with E-state index in [1.54, 1.807) is 28.0 Å². The third-order valence-corrected chi connectivity index (χ3v) is 7.73. The van der Waals surface area contributed by atoms with Gasteiger partial charge in [-0.2, -0.15) is 0 Å². The number of thiophene rings is 1. The quantitative estimate of drug-likeness (QED) is 0.588. The van der Waals surface area contributed by atoms with Gasteiger partial charge >= 0.3 is 0 Å². The monoisotopic (exact) mass is 408 g/mol. The fraction of sp³-hybridized carbons (Fsp3) is 0.700. The predicted octanol–water partition coefficient (Wildman–Crippen LogP) is 2.14. The fourth-order valence-corrected chi connectivity index (χ4v) is 6.61. The minimum Gasteiger partial charge on any atom is -0.366 e. The van der Waals surface area contributed by atoms with E-state index < -0.39 is 0 Å². The first kappa shape index (κ1) is 19.4. The number of ether oxygens (including phenoxy) is 1. The molecule has 1 aliphatic carbocycles.